The van der Waals surface area contributed by atoms with Crippen LogP contribution >= 0.6 is 0 Å². The summed E-state index contributed by atoms with van der Waals surface area (Å²) >= 11 is 0. The van der Waals surface area contributed by atoms with Gasteiger partial charge in [0.2, 0.25) is 0 Å². The quantitative estimate of drug-likeness (QED) is 0.500. The molecule has 0 aliphatic heterocycles. The van der Waals surface area contributed by atoms with Crippen LogP contribution in [-0.4, -0.2) is 12.2 Å². The first-order valence-electron chi connectivity index (χ1n) is 6.04. The zero-order chi connectivity index (χ0) is 11.7. The van der Waals surface area contributed by atoms with Crippen LogP contribution in [0.2, 0.25) is 0 Å². The van der Waals surface area contributed by atoms with E-state index in [1.165, 1.54) is 6.92 Å². The van der Waals surface area contributed by atoms with E-state index in [4.69, 9.17) is 10.5 Å². The molecule has 1 atom stereocenters. The smallest absolute Gasteiger partial charge is 0.304 e. The van der Waals surface area contributed by atoms with Crippen molar-refractivity contribution in [1.82, 2.24) is 0 Å². The third-order valence-corrected chi connectivity index (χ3v) is 2.62. The molecule has 0 bridgehead atoms. The topological polar surface area (TPSA) is 52.3 Å². The van der Waals surface area contributed by atoms with Crippen LogP contribution < -0.4 is 5.73 Å². The Kier molecular flexibility index (Phi) is 8.38. The lowest BCUT2D eigenvalue weighted by Gasteiger charge is -2.23. The number of hydrogen-bond donors (Lipinski definition) is 1. The van der Waals surface area contributed by atoms with Crippen molar-refractivity contribution in [2.24, 2.45) is 11.7 Å². The number of esters is 1. The third kappa shape index (κ3) is 7.37. The Morgan fingerprint density at radius 1 is 1.20 bits per heavy atom. The lowest BCUT2D eigenvalue weighted by Crippen LogP contribution is -2.34. The number of carbonyl (C=O) groups excluding carboxylic acids is 1. The van der Waals surface area contributed by atoms with Gasteiger partial charge in [-0.05, 0) is 12.8 Å². The molecular weight excluding hydrogens is 190 g/mol. The maximum Gasteiger partial charge on any atom is 0.304 e. The summed E-state index contributed by atoms with van der Waals surface area (Å²) in [7, 11) is 0. The monoisotopic (exact) mass is 215 g/mol. The van der Waals surface area contributed by atoms with Crippen molar-refractivity contribution in [3.63, 3.8) is 0 Å². The van der Waals surface area contributed by atoms with Gasteiger partial charge in [-0.15, -0.1) is 0 Å². The molecule has 0 rings (SSSR count). The Hall–Kier alpha value is -0.570. The first-order valence-corrected chi connectivity index (χ1v) is 6.04. The number of carbonyl (C=O) groups is 1. The van der Waals surface area contributed by atoms with Gasteiger partial charge in [-0.3, -0.25) is 10.5 Å². The molecule has 0 aliphatic carbocycles. The second-order valence-corrected chi connectivity index (χ2v) is 4.12. The average molecular weight is 215 g/mol. The molecular formula is C12H25NO2. The van der Waals surface area contributed by atoms with E-state index in [-0.39, 0.29) is 5.97 Å². The van der Waals surface area contributed by atoms with Crippen molar-refractivity contribution >= 4 is 5.97 Å². The highest BCUT2D eigenvalue weighted by Crippen LogP contribution is 2.19. The minimum Gasteiger partial charge on any atom is -0.447 e. The van der Waals surface area contributed by atoms with Crippen molar-refractivity contribution in [3.05, 3.63) is 0 Å². The van der Waals surface area contributed by atoms with E-state index in [2.05, 4.69) is 13.8 Å². The number of unbranched alkanes of at least 4 members (excludes halogenated alkanes) is 2. The van der Waals surface area contributed by atoms with Crippen molar-refractivity contribution in [1.29, 1.82) is 0 Å². The molecule has 3 heteroatoms. The molecule has 15 heavy (non-hydrogen) atoms. The van der Waals surface area contributed by atoms with Crippen LogP contribution in [0.15, 0.2) is 0 Å². The molecule has 0 aromatic carbocycles. The lowest BCUT2D eigenvalue weighted by atomic mass is 9.94. The van der Waals surface area contributed by atoms with E-state index >= 15 is 0 Å². The second-order valence-electron chi connectivity index (χ2n) is 4.12. The fraction of sp³-hybridized carbons (Fsp3) is 0.917. The molecule has 0 saturated carbocycles. The Bertz CT molecular complexity index is 163. The molecule has 0 saturated heterocycles. The second kappa shape index (κ2) is 8.72. The van der Waals surface area contributed by atoms with Gasteiger partial charge in [0.15, 0.2) is 6.23 Å². The standard InChI is InChI=1S/C12H25NO2/c1-4-6-8-11(9-7-5-2)12(13)15-10(3)14/h11-12H,4-9,13H2,1-3H3. The molecule has 0 aromatic heterocycles. The maximum atomic E-state index is 10.8. The molecule has 3 nitrogen and oxygen atoms in total. The van der Waals surface area contributed by atoms with Crippen molar-refractivity contribution < 1.29 is 9.53 Å². The molecule has 0 aliphatic rings. The van der Waals surface area contributed by atoms with Crippen molar-refractivity contribution in [2.45, 2.75) is 65.5 Å². The first kappa shape index (κ1) is 14.4. The van der Waals surface area contributed by atoms with Gasteiger partial charge >= 0.3 is 5.97 Å². The minimum atomic E-state index is -0.416. The largest absolute Gasteiger partial charge is 0.447 e. The number of rotatable bonds is 8. The van der Waals surface area contributed by atoms with Gasteiger partial charge in [0.05, 0.1) is 0 Å². The summed E-state index contributed by atoms with van der Waals surface area (Å²) in [5.41, 5.74) is 5.86. The molecule has 0 heterocycles. The molecule has 2 N–H and O–H groups in total. The maximum absolute atomic E-state index is 10.8. The van der Waals surface area contributed by atoms with E-state index in [1.54, 1.807) is 0 Å². The lowest BCUT2D eigenvalue weighted by molar-refractivity contribution is -0.149. The van der Waals surface area contributed by atoms with Crippen LogP contribution in [0.5, 0.6) is 0 Å². The van der Waals surface area contributed by atoms with Crippen LogP contribution in [0.1, 0.15) is 59.3 Å². The van der Waals surface area contributed by atoms with Crippen LogP contribution in [-0.2, 0) is 9.53 Å². The molecule has 0 spiro atoms. The fourth-order valence-corrected chi connectivity index (χ4v) is 1.69. The Morgan fingerprint density at radius 2 is 1.67 bits per heavy atom. The summed E-state index contributed by atoms with van der Waals surface area (Å²) < 4.78 is 5.05. The summed E-state index contributed by atoms with van der Waals surface area (Å²) in [6.07, 6.45) is 6.34. The van der Waals surface area contributed by atoms with E-state index in [0.29, 0.717) is 5.92 Å². The van der Waals surface area contributed by atoms with Crippen molar-refractivity contribution in [3.8, 4) is 0 Å². The van der Waals surface area contributed by atoms with E-state index < -0.39 is 6.23 Å². The van der Waals surface area contributed by atoms with E-state index in [1.807, 2.05) is 0 Å². The first-order chi connectivity index (χ1) is 7.11. The van der Waals surface area contributed by atoms with Gasteiger partial charge in [-0.2, -0.15) is 0 Å². The summed E-state index contributed by atoms with van der Waals surface area (Å²) in [6, 6.07) is 0. The highest BCUT2D eigenvalue weighted by molar-refractivity contribution is 5.66. The summed E-state index contributed by atoms with van der Waals surface area (Å²) in [5, 5.41) is 0. The van der Waals surface area contributed by atoms with Gasteiger partial charge in [0, 0.05) is 12.8 Å². The van der Waals surface area contributed by atoms with Crippen molar-refractivity contribution in [2.75, 3.05) is 0 Å². The third-order valence-electron chi connectivity index (χ3n) is 2.62. The van der Waals surface area contributed by atoms with Crippen LogP contribution in [0.4, 0.5) is 0 Å². The molecule has 90 valence electrons. The van der Waals surface area contributed by atoms with Gasteiger partial charge < -0.3 is 4.74 Å². The number of nitrogens with two attached hydrogens (primary N) is 1. The van der Waals surface area contributed by atoms with Gasteiger partial charge in [-0.25, -0.2) is 0 Å². The zero-order valence-corrected chi connectivity index (χ0v) is 10.3. The molecule has 0 radical (unpaired) electrons. The van der Waals surface area contributed by atoms with Crippen LogP contribution in [0.3, 0.4) is 0 Å². The zero-order valence-electron chi connectivity index (χ0n) is 10.3. The SMILES string of the molecule is CCCCC(CCCC)C(N)OC(C)=O. The Labute approximate surface area is 93.4 Å². The molecule has 0 aromatic rings. The minimum absolute atomic E-state index is 0.277. The highest BCUT2D eigenvalue weighted by atomic mass is 16.6. The predicted octanol–water partition coefficient (Wildman–Crippen LogP) is 2.83. The van der Waals surface area contributed by atoms with E-state index in [9.17, 15) is 4.79 Å². The van der Waals surface area contributed by atoms with E-state index in [0.717, 1.165) is 38.5 Å². The molecule has 0 amide bonds. The highest BCUT2D eigenvalue weighted by Gasteiger charge is 2.19. The van der Waals surface area contributed by atoms with Crippen LogP contribution in [0, 0.1) is 5.92 Å². The van der Waals surface area contributed by atoms with Gasteiger partial charge in [0.1, 0.15) is 0 Å². The number of ether oxygens (including phenoxy) is 1. The summed E-state index contributed by atoms with van der Waals surface area (Å²) in [6.45, 7) is 5.74. The van der Waals surface area contributed by atoms with Crippen LogP contribution in [0.25, 0.3) is 0 Å². The Balaban J connectivity index is 4.00. The summed E-state index contributed by atoms with van der Waals surface area (Å²) in [5.74, 6) is 0.0503. The van der Waals surface area contributed by atoms with Gasteiger partial charge in [-0.1, -0.05) is 39.5 Å². The molecule has 0 fully saturated rings. The average Bonchev–Trinajstić information content (AvgIpc) is 2.17. The predicted molar refractivity (Wildman–Crippen MR) is 62.3 cm³/mol. The fourth-order valence-electron chi connectivity index (χ4n) is 1.69. The summed E-state index contributed by atoms with van der Waals surface area (Å²) in [4.78, 5) is 10.8. The number of hydrogen-bond acceptors (Lipinski definition) is 3. The normalized spacial score (nSPS) is 12.9. The Morgan fingerprint density at radius 3 is 2.00 bits per heavy atom. The van der Waals surface area contributed by atoms with Gasteiger partial charge in [0.25, 0.3) is 0 Å². The molecule has 1 unspecified atom stereocenters.